The number of nitrogens with zero attached hydrogens (tertiary/aromatic N) is 1. The number of carbonyl (C=O) groups excluding carboxylic acids is 1. The van der Waals surface area contributed by atoms with Crippen LogP contribution in [0.5, 0.6) is 0 Å². The van der Waals surface area contributed by atoms with Gasteiger partial charge in [0.2, 0.25) is 0 Å². The summed E-state index contributed by atoms with van der Waals surface area (Å²) < 4.78 is 13.8. The van der Waals surface area contributed by atoms with Crippen molar-refractivity contribution in [2.24, 2.45) is 28.6 Å². The zero-order valence-electron chi connectivity index (χ0n) is 18.3. The van der Waals surface area contributed by atoms with Crippen LogP contribution in [-0.2, 0) is 4.79 Å². The molecule has 3 atom stereocenters. The molecule has 1 fully saturated rings. The van der Waals surface area contributed by atoms with E-state index in [4.69, 9.17) is 0 Å². The first-order chi connectivity index (χ1) is 13.5. The molecular formula is C26H32FNO. The highest BCUT2D eigenvalue weighted by atomic mass is 19.1. The topological polar surface area (TPSA) is 30.0 Å². The van der Waals surface area contributed by atoms with E-state index in [1.807, 2.05) is 12.3 Å². The molecule has 0 bridgehead atoms. The van der Waals surface area contributed by atoms with Crippen molar-refractivity contribution in [1.82, 2.24) is 4.98 Å². The van der Waals surface area contributed by atoms with Crippen LogP contribution in [0.15, 0.2) is 36.5 Å². The summed E-state index contributed by atoms with van der Waals surface area (Å²) in [6.07, 6.45) is 8.05. The molecule has 0 radical (unpaired) electrons. The lowest BCUT2D eigenvalue weighted by molar-refractivity contribution is -0.131. The van der Waals surface area contributed by atoms with Gasteiger partial charge in [-0.15, -0.1) is 0 Å². The smallest absolute Gasteiger partial charge is 0.139 e. The Morgan fingerprint density at radius 1 is 1.14 bits per heavy atom. The zero-order chi connectivity index (χ0) is 21.0. The minimum Gasteiger partial charge on any atom is -0.299 e. The number of hydrogen-bond acceptors (Lipinski definition) is 2. The number of allylic oxidation sites excluding steroid dienone is 2. The van der Waals surface area contributed by atoms with Crippen LogP contribution in [0.2, 0.25) is 0 Å². The van der Waals surface area contributed by atoms with Gasteiger partial charge < -0.3 is 0 Å². The van der Waals surface area contributed by atoms with E-state index in [0.717, 1.165) is 35.7 Å². The molecule has 0 amide bonds. The number of halogens is 1. The molecule has 0 spiro atoms. The van der Waals surface area contributed by atoms with Gasteiger partial charge in [0.15, 0.2) is 0 Å². The number of aromatic nitrogens is 1. The van der Waals surface area contributed by atoms with Crippen molar-refractivity contribution in [2.75, 3.05) is 0 Å². The Morgan fingerprint density at radius 3 is 2.59 bits per heavy atom. The number of ketones is 1. The zero-order valence-corrected chi connectivity index (χ0v) is 18.3. The van der Waals surface area contributed by atoms with E-state index >= 15 is 0 Å². The Morgan fingerprint density at radius 2 is 1.90 bits per heavy atom. The van der Waals surface area contributed by atoms with Gasteiger partial charge in [0, 0.05) is 23.4 Å². The van der Waals surface area contributed by atoms with E-state index < -0.39 is 0 Å². The molecule has 1 heterocycles. The van der Waals surface area contributed by atoms with E-state index in [1.54, 1.807) is 12.1 Å². The summed E-state index contributed by atoms with van der Waals surface area (Å²) in [5, 5.41) is 0.899. The lowest BCUT2D eigenvalue weighted by Crippen LogP contribution is -2.34. The number of carbonyl (C=O) groups is 1. The average molecular weight is 394 g/mol. The Kier molecular flexibility index (Phi) is 4.91. The minimum absolute atomic E-state index is 0.0353. The van der Waals surface area contributed by atoms with Crippen molar-refractivity contribution in [2.45, 2.75) is 60.3 Å². The van der Waals surface area contributed by atoms with Crippen molar-refractivity contribution >= 4 is 22.3 Å². The van der Waals surface area contributed by atoms with Crippen LogP contribution in [-0.4, -0.2) is 10.8 Å². The highest BCUT2D eigenvalue weighted by molar-refractivity contribution is 5.92. The quantitative estimate of drug-likeness (QED) is 0.569. The maximum absolute atomic E-state index is 13.8. The maximum Gasteiger partial charge on any atom is 0.139 e. The van der Waals surface area contributed by atoms with Crippen LogP contribution in [0.1, 0.15) is 65.9 Å². The third-order valence-electron chi connectivity index (χ3n) is 7.13. The number of hydrogen-bond donors (Lipinski definition) is 0. The second-order valence-corrected chi connectivity index (χ2v) is 10.9. The van der Waals surface area contributed by atoms with Crippen molar-refractivity contribution in [1.29, 1.82) is 0 Å². The van der Waals surface area contributed by atoms with E-state index in [2.05, 4.69) is 45.7 Å². The second kappa shape index (κ2) is 7.04. The molecule has 2 nitrogen and oxygen atoms in total. The van der Waals surface area contributed by atoms with Crippen LogP contribution in [0, 0.1) is 34.4 Å². The number of fused-ring (bicyclic) bond motifs is 2. The van der Waals surface area contributed by atoms with Crippen molar-refractivity contribution < 1.29 is 9.18 Å². The molecule has 2 aromatic rings. The molecule has 29 heavy (non-hydrogen) atoms. The fourth-order valence-corrected chi connectivity index (χ4v) is 5.33. The van der Waals surface area contributed by atoms with Gasteiger partial charge in [-0.2, -0.15) is 0 Å². The number of Topliss-reactive ketones (excluding diaryl/α,β-unsaturated/α-hetero) is 1. The van der Waals surface area contributed by atoms with Gasteiger partial charge in [-0.05, 0) is 77.8 Å². The van der Waals surface area contributed by atoms with E-state index in [-0.39, 0.29) is 16.6 Å². The summed E-state index contributed by atoms with van der Waals surface area (Å²) in [6, 6.07) is 6.84. The molecule has 4 rings (SSSR count). The minimum atomic E-state index is -0.266. The molecule has 2 aliphatic carbocycles. The standard InChI is InChI=1S/C26H32FNO/c1-25(2,3)15-24(29)26(4,5)19-12-16-10-18(11-17(16)13-19)21-8-9-28-23-7-6-20(27)14-22(21)23/h6-10,14,16-17,19H,11-13,15H2,1-5H3/t16-,17+,19-/m1/s1. The largest absolute Gasteiger partial charge is 0.299 e. The van der Waals surface area contributed by atoms with Gasteiger partial charge in [0.1, 0.15) is 11.6 Å². The van der Waals surface area contributed by atoms with Crippen molar-refractivity contribution in [3.8, 4) is 0 Å². The van der Waals surface area contributed by atoms with Crippen LogP contribution < -0.4 is 0 Å². The van der Waals surface area contributed by atoms with Crippen LogP contribution in [0.25, 0.3) is 16.5 Å². The molecule has 154 valence electrons. The molecule has 0 saturated heterocycles. The Bertz CT molecular complexity index is 982. The third-order valence-corrected chi connectivity index (χ3v) is 7.13. The Hall–Kier alpha value is -2.03. The van der Waals surface area contributed by atoms with Crippen LogP contribution >= 0.6 is 0 Å². The first kappa shape index (κ1) is 20.3. The molecule has 0 unspecified atom stereocenters. The van der Waals surface area contributed by atoms with E-state index in [0.29, 0.717) is 30.0 Å². The summed E-state index contributed by atoms with van der Waals surface area (Å²) in [6.45, 7) is 10.7. The molecule has 2 aliphatic rings. The van der Waals surface area contributed by atoms with Crippen molar-refractivity contribution in [3.05, 3.63) is 47.9 Å². The maximum atomic E-state index is 13.8. The van der Waals surface area contributed by atoms with Crippen molar-refractivity contribution in [3.63, 3.8) is 0 Å². The fraction of sp³-hybridized carbons (Fsp3) is 0.538. The van der Waals surface area contributed by atoms with Gasteiger partial charge in [-0.3, -0.25) is 9.78 Å². The number of rotatable bonds is 4. The molecule has 3 heteroatoms. The van der Waals surface area contributed by atoms with Gasteiger partial charge in [-0.25, -0.2) is 4.39 Å². The Labute approximate surface area is 173 Å². The third kappa shape index (κ3) is 3.89. The normalized spacial score (nSPS) is 24.6. The average Bonchev–Trinajstić information content (AvgIpc) is 3.19. The van der Waals surface area contributed by atoms with Gasteiger partial charge >= 0.3 is 0 Å². The van der Waals surface area contributed by atoms with Gasteiger partial charge in [0.25, 0.3) is 0 Å². The second-order valence-electron chi connectivity index (χ2n) is 10.9. The molecule has 1 aromatic carbocycles. The fourth-order valence-electron chi connectivity index (χ4n) is 5.33. The lowest BCUT2D eigenvalue weighted by atomic mass is 9.70. The highest BCUT2D eigenvalue weighted by Gasteiger charge is 2.46. The molecule has 0 N–H and O–H groups in total. The number of pyridine rings is 1. The first-order valence-corrected chi connectivity index (χ1v) is 10.8. The molecular weight excluding hydrogens is 361 g/mol. The van der Waals surface area contributed by atoms with Gasteiger partial charge in [0.05, 0.1) is 5.52 Å². The van der Waals surface area contributed by atoms with E-state index in [9.17, 15) is 9.18 Å². The Balaban J connectivity index is 1.55. The predicted octanol–water partition coefficient (Wildman–Crippen LogP) is 6.83. The van der Waals surface area contributed by atoms with Crippen LogP contribution in [0.3, 0.4) is 0 Å². The molecule has 1 aromatic heterocycles. The summed E-state index contributed by atoms with van der Waals surface area (Å²) in [5.41, 5.74) is 3.04. The summed E-state index contributed by atoms with van der Waals surface area (Å²) in [4.78, 5) is 17.4. The summed E-state index contributed by atoms with van der Waals surface area (Å²) >= 11 is 0. The predicted molar refractivity (Wildman–Crippen MR) is 117 cm³/mol. The number of benzene rings is 1. The SMILES string of the molecule is CC(C)(C)CC(=O)C(C)(C)[C@H]1C[C@@H]2CC(c3ccnc4ccc(F)cc34)=C[C@@H]2C1. The monoisotopic (exact) mass is 393 g/mol. The molecule has 1 saturated carbocycles. The highest BCUT2D eigenvalue weighted by Crippen LogP contribution is 2.54. The molecule has 0 aliphatic heterocycles. The first-order valence-electron chi connectivity index (χ1n) is 10.8. The summed E-state index contributed by atoms with van der Waals surface area (Å²) in [7, 11) is 0. The van der Waals surface area contributed by atoms with E-state index in [1.165, 1.54) is 11.6 Å². The lowest BCUT2D eigenvalue weighted by Gasteiger charge is -2.33. The summed E-state index contributed by atoms with van der Waals surface area (Å²) in [5.74, 6) is 1.73. The van der Waals surface area contributed by atoms with Crippen LogP contribution in [0.4, 0.5) is 4.39 Å². The van der Waals surface area contributed by atoms with Gasteiger partial charge in [-0.1, -0.05) is 40.7 Å².